The maximum absolute atomic E-state index is 4.66. The van der Waals surface area contributed by atoms with Crippen LogP contribution in [0.25, 0.3) is 5.57 Å². The minimum Gasteiger partial charge on any atom is -0.362 e. The predicted octanol–water partition coefficient (Wildman–Crippen LogP) is 6.92. The summed E-state index contributed by atoms with van der Waals surface area (Å²) in [4.78, 5) is 7.17. The highest BCUT2D eigenvalue weighted by Gasteiger charge is 2.30. The maximum Gasteiger partial charge on any atom is 0.0633 e. The van der Waals surface area contributed by atoms with E-state index >= 15 is 0 Å². The molecule has 2 aromatic carbocycles. The molecule has 0 N–H and O–H groups in total. The average Bonchev–Trinajstić information content (AvgIpc) is 2.59. The zero-order valence-corrected chi connectivity index (χ0v) is 17.9. The SMILES string of the molecule is CCCN1c2ccc(C=Nc3ccc(Br)c(C)c3)cc2C(C)=CC1(C)C. The zero-order valence-electron chi connectivity index (χ0n) is 16.3. The third-order valence-electron chi connectivity index (χ3n) is 4.95. The molecule has 1 aliphatic rings. The van der Waals surface area contributed by atoms with Crippen molar-refractivity contribution in [3.8, 4) is 0 Å². The lowest BCUT2D eigenvalue weighted by molar-refractivity contribution is 0.550. The summed E-state index contributed by atoms with van der Waals surface area (Å²) >= 11 is 3.54. The van der Waals surface area contributed by atoms with E-state index in [1.165, 1.54) is 22.4 Å². The van der Waals surface area contributed by atoms with Gasteiger partial charge in [-0.1, -0.05) is 35.0 Å². The Morgan fingerprint density at radius 2 is 1.88 bits per heavy atom. The van der Waals surface area contributed by atoms with Gasteiger partial charge < -0.3 is 4.90 Å². The highest BCUT2D eigenvalue weighted by Crippen LogP contribution is 2.39. The zero-order chi connectivity index (χ0) is 18.9. The topological polar surface area (TPSA) is 15.6 Å². The van der Waals surface area contributed by atoms with E-state index in [2.05, 4.69) is 90.8 Å². The number of hydrogen-bond donors (Lipinski definition) is 0. The molecule has 0 saturated heterocycles. The van der Waals surface area contributed by atoms with Crippen LogP contribution in [0.3, 0.4) is 0 Å². The van der Waals surface area contributed by atoms with Crippen LogP contribution < -0.4 is 4.90 Å². The molecular weight excluding hydrogens is 384 g/mol. The van der Waals surface area contributed by atoms with Crippen molar-refractivity contribution in [1.82, 2.24) is 0 Å². The normalized spacial score (nSPS) is 15.9. The number of hydrogen-bond acceptors (Lipinski definition) is 2. The fourth-order valence-corrected chi connectivity index (χ4v) is 3.92. The van der Waals surface area contributed by atoms with E-state index in [1.807, 2.05) is 18.3 Å². The number of rotatable bonds is 4. The minimum absolute atomic E-state index is 0.0532. The van der Waals surface area contributed by atoms with E-state index in [0.717, 1.165) is 28.7 Å². The van der Waals surface area contributed by atoms with Crippen molar-refractivity contribution >= 4 is 39.1 Å². The summed E-state index contributed by atoms with van der Waals surface area (Å²) < 4.78 is 1.12. The van der Waals surface area contributed by atoms with Gasteiger partial charge in [-0.05, 0) is 81.1 Å². The molecule has 2 nitrogen and oxygen atoms in total. The minimum atomic E-state index is 0.0532. The number of anilines is 1. The smallest absolute Gasteiger partial charge is 0.0633 e. The molecule has 1 aliphatic heterocycles. The first kappa shape index (κ1) is 18.9. The highest BCUT2D eigenvalue weighted by atomic mass is 79.9. The van der Waals surface area contributed by atoms with Crippen LogP contribution in [-0.4, -0.2) is 18.3 Å². The average molecular weight is 411 g/mol. The van der Waals surface area contributed by atoms with Crippen molar-refractivity contribution in [2.45, 2.75) is 46.6 Å². The predicted molar refractivity (Wildman–Crippen MR) is 118 cm³/mol. The van der Waals surface area contributed by atoms with Gasteiger partial charge in [0.25, 0.3) is 0 Å². The number of aryl methyl sites for hydroxylation is 1. The van der Waals surface area contributed by atoms with E-state index in [0.29, 0.717) is 0 Å². The van der Waals surface area contributed by atoms with Gasteiger partial charge in [-0.15, -0.1) is 0 Å². The molecule has 0 atom stereocenters. The fourth-order valence-electron chi connectivity index (χ4n) is 3.67. The molecule has 0 fully saturated rings. The molecule has 0 radical (unpaired) electrons. The van der Waals surface area contributed by atoms with Gasteiger partial charge in [-0.2, -0.15) is 0 Å². The third-order valence-corrected chi connectivity index (χ3v) is 5.84. The van der Waals surface area contributed by atoms with Gasteiger partial charge in [0.1, 0.15) is 0 Å². The second kappa shape index (κ2) is 7.40. The van der Waals surface area contributed by atoms with E-state index in [1.54, 1.807) is 0 Å². The Balaban J connectivity index is 1.94. The summed E-state index contributed by atoms with van der Waals surface area (Å²) in [7, 11) is 0. The summed E-state index contributed by atoms with van der Waals surface area (Å²) in [6.07, 6.45) is 5.48. The molecule has 0 amide bonds. The van der Waals surface area contributed by atoms with E-state index in [4.69, 9.17) is 0 Å². The van der Waals surface area contributed by atoms with Gasteiger partial charge in [0, 0.05) is 28.5 Å². The quantitative estimate of drug-likeness (QED) is 0.499. The van der Waals surface area contributed by atoms with Crippen LogP contribution in [-0.2, 0) is 0 Å². The Morgan fingerprint density at radius 1 is 1.12 bits per heavy atom. The fraction of sp³-hybridized carbons (Fsp3) is 0.348. The monoisotopic (exact) mass is 410 g/mol. The Morgan fingerprint density at radius 3 is 2.58 bits per heavy atom. The van der Waals surface area contributed by atoms with Crippen LogP contribution in [0.2, 0.25) is 0 Å². The van der Waals surface area contributed by atoms with Crippen molar-refractivity contribution in [1.29, 1.82) is 0 Å². The first-order chi connectivity index (χ1) is 12.3. The summed E-state index contributed by atoms with van der Waals surface area (Å²) in [5.74, 6) is 0. The van der Waals surface area contributed by atoms with Gasteiger partial charge >= 0.3 is 0 Å². The highest BCUT2D eigenvalue weighted by molar-refractivity contribution is 9.10. The van der Waals surface area contributed by atoms with Crippen LogP contribution >= 0.6 is 15.9 Å². The molecule has 3 rings (SSSR count). The Bertz CT molecular complexity index is 878. The van der Waals surface area contributed by atoms with Gasteiger partial charge in [0.15, 0.2) is 0 Å². The number of halogens is 1. The van der Waals surface area contributed by atoms with Crippen molar-refractivity contribution < 1.29 is 0 Å². The lowest BCUT2D eigenvalue weighted by atomic mass is 9.88. The molecule has 26 heavy (non-hydrogen) atoms. The number of nitrogens with zero attached hydrogens (tertiary/aromatic N) is 2. The van der Waals surface area contributed by atoms with Crippen LogP contribution in [0.1, 0.15) is 50.8 Å². The molecule has 136 valence electrons. The largest absolute Gasteiger partial charge is 0.362 e. The van der Waals surface area contributed by atoms with Gasteiger partial charge in [0.2, 0.25) is 0 Å². The molecule has 0 bridgehead atoms. The number of allylic oxidation sites excluding steroid dienone is 1. The number of fused-ring (bicyclic) bond motifs is 1. The standard InChI is InChI=1S/C23H27BrN2/c1-6-11-26-22-10-7-18(13-20(22)17(3)14-23(26,4)5)15-25-19-8-9-21(24)16(2)12-19/h7-10,12-15H,6,11H2,1-5H3. The molecule has 2 aromatic rings. The summed E-state index contributed by atoms with van der Waals surface area (Å²) in [5, 5.41) is 0. The molecule has 0 saturated carbocycles. The first-order valence-corrected chi connectivity index (χ1v) is 10.0. The lowest BCUT2D eigenvalue weighted by Gasteiger charge is -2.43. The van der Waals surface area contributed by atoms with Crippen molar-refractivity contribution in [3.63, 3.8) is 0 Å². The van der Waals surface area contributed by atoms with Crippen LogP contribution in [0.5, 0.6) is 0 Å². The van der Waals surface area contributed by atoms with E-state index in [-0.39, 0.29) is 5.54 Å². The summed E-state index contributed by atoms with van der Waals surface area (Å²) in [6, 6.07) is 12.8. The van der Waals surface area contributed by atoms with Crippen LogP contribution in [0.15, 0.2) is 51.9 Å². The summed E-state index contributed by atoms with van der Waals surface area (Å²) in [5.41, 5.74) is 7.34. The Kier molecular flexibility index (Phi) is 5.38. The molecule has 0 spiro atoms. The maximum atomic E-state index is 4.66. The van der Waals surface area contributed by atoms with E-state index in [9.17, 15) is 0 Å². The van der Waals surface area contributed by atoms with Crippen molar-refractivity contribution in [2.24, 2.45) is 4.99 Å². The van der Waals surface area contributed by atoms with Crippen LogP contribution in [0, 0.1) is 6.92 Å². The second-order valence-electron chi connectivity index (χ2n) is 7.60. The van der Waals surface area contributed by atoms with Crippen molar-refractivity contribution in [2.75, 3.05) is 11.4 Å². The summed E-state index contributed by atoms with van der Waals surface area (Å²) in [6.45, 7) is 12.2. The molecule has 1 heterocycles. The number of aliphatic imine (C=N–C) groups is 1. The lowest BCUT2D eigenvalue weighted by Crippen LogP contribution is -2.45. The molecular formula is C23H27BrN2. The van der Waals surface area contributed by atoms with E-state index < -0.39 is 0 Å². The first-order valence-electron chi connectivity index (χ1n) is 9.23. The van der Waals surface area contributed by atoms with Gasteiger partial charge in [-0.3, -0.25) is 4.99 Å². The second-order valence-corrected chi connectivity index (χ2v) is 8.46. The van der Waals surface area contributed by atoms with Gasteiger partial charge in [-0.25, -0.2) is 0 Å². The van der Waals surface area contributed by atoms with Gasteiger partial charge in [0.05, 0.1) is 11.2 Å². The van der Waals surface area contributed by atoms with Crippen LogP contribution in [0.4, 0.5) is 11.4 Å². The molecule has 0 aromatic heterocycles. The third kappa shape index (κ3) is 3.78. The Hall–Kier alpha value is -1.87. The molecule has 3 heteroatoms. The molecule has 0 aliphatic carbocycles. The Labute approximate surface area is 165 Å². The van der Waals surface area contributed by atoms with Crippen molar-refractivity contribution in [3.05, 3.63) is 63.6 Å². The molecule has 0 unspecified atom stereocenters. The number of benzene rings is 2.